The maximum atomic E-state index is 13.9. The SMILES string of the molecule is Cc1cc(Cn2c(CCCl)nc3cc(I)c(F)cc32)no1. The first-order valence-corrected chi connectivity index (χ1v) is 8.02. The molecule has 0 spiro atoms. The average Bonchev–Trinajstić information content (AvgIpc) is 2.97. The highest BCUT2D eigenvalue weighted by Crippen LogP contribution is 2.23. The summed E-state index contributed by atoms with van der Waals surface area (Å²) in [5.74, 6) is 1.77. The summed E-state index contributed by atoms with van der Waals surface area (Å²) >= 11 is 7.81. The van der Waals surface area contributed by atoms with E-state index in [1.54, 1.807) is 6.07 Å². The lowest BCUT2D eigenvalue weighted by molar-refractivity contribution is 0.389. The molecule has 0 bridgehead atoms. The van der Waals surface area contributed by atoms with Gasteiger partial charge < -0.3 is 9.09 Å². The Hall–Kier alpha value is -1.15. The molecule has 2 heterocycles. The van der Waals surface area contributed by atoms with Crippen molar-refractivity contribution in [1.29, 1.82) is 0 Å². The molecule has 1 aromatic carbocycles. The number of rotatable bonds is 4. The summed E-state index contributed by atoms with van der Waals surface area (Å²) in [6.45, 7) is 2.32. The van der Waals surface area contributed by atoms with Crippen LogP contribution in [-0.4, -0.2) is 20.6 Å². The molecule has 0 fully saturated rings. The van der Waals surface area contributed by atoms with E-state index in [0.717, 1.165) is 28.3 Å². The monoisotopic (exact) mass is 419 g/mol. The van der Waals surface area contributed by atoms with Crippen LogP contribution in [0.5, 0.6) is 0 Å². The number of benzene rings is 1. The predicted molar refractivity (Wildman–Crippen MR) is 87.2 cm³/mol. The number of imidazole rings is 1. The van der Waals surface area contributed by atoms with E-state index in [4.69, 9.17) is 16.1 Å². The Balaban J connectivity index is 2.12. The van der Waals surface area contributed by atoms with E-state index in [1.165, 1.54) is 6.07 Å². The van der Waals surface area contributed by atoms with Crippen LogP contribution in [0.1, 0.15) is 17.3 Å². The van der Waals surface area contributed by atoms with Crippen LogP contribution in [0.2, 0.25) is 0 Å². The van der Waals surface area contributed by atoms with Crippen molar-refractivity contribution in [2.45, 2.75) is 19.9 Å². The van der Waals surface area contributed by atoms with Crippen molar-refractivity contribution in [3.63, 3.8) is 0 Å². The predicted octanol–water partition coefficient (Wildman–Crippen LogP) is 3.91. The molecule has 0 radical (unpaired) electrons. The van der Waals surface area contributed by atoms with Gasteiger partial charge in [0.1, 0.15) is 23.1 Å². The fourth-order valence-corrected chi connectivity index (χ4v) is 2.90. The van der Waals surface area contributed by atoms with Crippen LogP contribution in [0, 0.1) is 16.3 Å². The fraction of sp³-hybridized carbons (Fsp3) is 0.286. The minimum atomic E-state index is -0.252. The zero-order chi connectivity index (χ0) is 15.0. The maximum absolute atomic E-state index is 13.9. The van der Waals surface area contributed by atoms with Crippen LogP contribution in [0.4, 0.5) is 4.39 Å². The molecule has 3 rings (SSSR count). The van der Waals surface area contributed by atoms with Gasteiger partial charge in [-0.3, -0.25) is 0 Å². The smallest absolute Gasteiger partial charge is 0.138 e. The van der Waals surface area contributed by atoms with E-state index >= 15 is 0 Å². The molecule has 4 nitrogen and oxygen atoms in total. The van der Waals surface area contributed by atoms with E-state index in [0.29, 0.717) is 22.4 Å². The lowest BCUT2D eigenvalue weighted by Crippen LogP contribution is -2.06. The lowest BCUT2D eigenvalue weighted by Gasteiger charge is -2.06. The molecule has 110 valence electrons. The summed E-state index contributed by atoms with van der Waals surface area (Å²) in [7, 11) is 0. The molecule has 0 saturated heterocycles. The summed E-state index contributed by atoms with van der Waals surface area (Å²) in [6.07, 6.45) is 0.616. The number of hydrogen-bond donors (Lipinski definition) is 0. The zero-order valence-corrected chi connectivity index (χ0v) is 14.2. The van der Waals surface area contributed by atoms with Gasteiger partial charge in [-0.25, -0.2) is 9.37 Å². The Morgan fingerprint density at radius 3 is 2.86 bits per heavy atom. The van der Waals surface area contributed by atoms with Crippen LogP contribution in [0.15, 0.2) is 22.7 Å². The van der Waals surface area contributed by atoms with Gasteiger partial charge >= 0.3 is 0 Å². The molecule has 21 heavy (non-hydrogen) atoms. The topological polar surface area (TPSA) is 43.9 Å². The second kappa shape index (κ2) is 5.92. The molecule has 0 aliphatic carbocycles. The average molecular weight is 420 g/mol. The maximum Gasteiger partial charge on any atom is 0.138 e. The van der Waals surface area contributed by atoms with Crippen molar-refractivity contribution in [3.8, 4) is 0 Å². The van der Waals surface area contributed by atoms with Crippen molar-refractivity contribution >= 4 is 45.2 Å². The lowest BCUT2D eigenvalue weighted by atomic mass is 10.3. The summed E-state index contributed by atoms with van der Waals surface area (Å²) in [4.78, 5) is 4.56. The molecule has 0 atom stereocenters. The minimum Gasteiger partial charge on any atom is -0.361 e. The second-order valence-electron chi connectivity index (χ2n) is 4.74. The molecule has 0 saturated carbocycles. The second-order valence-corrected chi connectivity index (χ2v) is 6.28. The molecule has 0 amide bonds. The van der Waals surface area contributed by atoms with Crippen LogP contribution in [0.25, 0.3) is 11.0 Å². The quantitative estimate of drug-likeness (QED) is 0.476. The van der Waals surface area contributed by atoms with Crippen molar-refractivity contribution < 1.29 is 8.91 Å². The summed E-state index contributed by atoms with van der Waals surface area (Å²) < 4.78 is 21.4. The van der Waals surface area contributed by atoms with Crippen LogP contribution < -0.4 is 0 Å². The van der Waals surface area contributed by atoms with Gasteiger partial charge in [0.05, 0.1) is 21.1 Å². The number of aromatic nitrogens is 3. The van der Waals surface area contributed by atoms with Gasteiger partial charge in [0.15, 0.2) is 0 Å². The number of hydrogen-bond acceptors (Lipinski definition) is 3. The highest BCUT2D eigenvalue weighted by molar-refractivity contribution is 14.1. The van der Waals surface area contributed by atoms with Crippen molar-refractivity contribution in [3.05, 3.63) is 44.9 Å². The van der Waals surface area contributed by atoms with Crippen molar-refractivity contribution in [2.24, 2.45) is 0 Å². The van der Waals surface area contributed by atoms with Gasteiger partial charge in [-0.1, -0.05) is 5.16 Å². The van der Waals surface area contributed by atoms with Gasteiger partial charge in [0.25, 0.3) is 0 Å². The molecule has 0 unspecified atom stereocenters. The Morgan fingerprint density at radius 1 is 1.38 bits per heavy atom. The van der Waals surface area contributed by atoms with E-state index in [1.807, 2.05) is 40.1 Å². The zero-order valence-electron chi connectivity index (χ0n) is 11.2. The van der Waals surface area contributed by atoms with Crippen LogP contribution in [0.3, 0.4) is 0 Å². The van der Waals surface area contributed by atoms with Gasteiger partial charge in [-0.15, -0.1) is 11.6 Å². The first-order valence-electron chi connectivity index (χ1n) is 6.41. The highest BCUT2D eigenvalue weighted by atomic mass is 127. The number of aryl methyl sites for hydroxylation is 2. The Bertz CT molecular complexity index is 799. The summed E-state index contributed by atoms with van der Waals surface area (Å²) in [6, 6.07) is 5.11. The van der Waals surface area contributed by atoms with E-state index in [2.05, 4.69) is 10.1 Å². The highest BCUT2D eigenvalue weighted by Gasteiger charge is 2.14. The molecule has 0 aliphatic rings. The first-order chi connectivity index (χ1) is 10.1. The van der Waals surface area contributed by atoms with E-state index in [-0.39, 0.29) is 5.82 Å². The number of halogens is 3. The molecular weight excluding hydrogens is 408 g/mol. The number of fused-ring (bicyclic) bond motifs is 1. The Kier molecular flexibility index (Phi) is 4.17. The standard InChI is InChI=1S/C14H12ClFIN3O/c1-8-4-9(19-21-8)7-20-13-5-10(16)11(17)6-12(13)18-14(20)2-3-15/h4-6H,2-3,7H2,1H3. The number of alkyl halides is 1. The van der Waals surface area contributed by atoms with E-state index < -0.39 is 0 Å². The third kappa shape index (κ3) is 2.91. The third-order valence-corrected chi connectivity index (χ3v) is 4.20. The number of nitrogens with zero attached hydrogens (tertiary/aromatic N) is 3. The van der Waals surface area contributed by atoms with Crippen LogP contribution in [-0.2, 0) is 13.0 Å². The fourth-order valence-electron chi connectivity index (χ4n) is 2.28. The summed E-state index contributed by atoms with van der Waals surface area (Å²) in [5, 5.41) is 3.99. The van der Waals surface area contributed by atoms with Gasteiger partial charge in [-0.05, 0) is 35.6 Å². The Labute approximate surface area is 139 Å². The van der Waals surface area contributed by atoms with Crippen LogP contribution >= 0.6 is 34.2 Å². The van der Waals surface area contributed by atoms with E-state index in [9.17, 15) is 4.39 Å². The third-order valence-electron chi connectivity index (χ3n) is 3.18. The molecule has 0 aliphatic heterocycles. The van der Waals surface area contributed by atoms with Gasteiger partial charge in [0.2, 0.25) is 0 Å². The van der Waals surface area contributed by atoms with Gasteiger partial charge in [-0.2, -0.15) is 0 Å². The molecule has 3 aromatic rings. The van der Waals surface area contributed by atoms with Crippen molar-refractivity contribution in [1.82, 2.24) is 14.7 Å². The molecule has 2 aromatic heterocycles. The molecular formula is C14H12ClFIN3O. The molecule has 7 heteroatoms. The molecule has 0 N–H and O–H groups in total. The normalized spacial score (nSPS) is 11.4. The first kappa shape index (κ1) is 14.8. The summed E-state index contributed by atoms with van der Waals surface area (Å²) in [5.41, 5.74) is 2.29. The van der Waals surface area contributed by atoms with Crippen molar-refractivity contribution in [2.75, 3.05) is 5.88 Å². The largest absolute Gasteiger partial charge is 0.361 e. The minimum absolute atomic E-state index is 0.252. The van der Waals surface area contributed by atoms with Gasteiger partial charge in [0, 0.05) is 24.4 Å². The Morgan fingerprint density at radius 2 is 2.19 bits per heavy atom.